The van der Waals surface area contributed by atoms with Crippen LogP contribution in [0.25, 0.3) is 0 Å². The Morgan fingerprint density at radius 2 is 1.92 bits per heavy atom. The molecule has 1 amide bonds. The van der Waals surface area contributed by atoms with E-state index in [-0.39, 0.29) is 15.5 Å². The van der Waals surface area contributed by atoms with E-state index in [1.54, 1.807) is 18.5 Å². The van der Waals surface area contributed by atoms with Crippen LogP contribution in [0.15, 0.2) is 41.6 Å². The van der Waals surface area contributed by atoms with Crippen LogP contribution in [0.1, 0.15) is 35.2 Å². The molecule has 0 spiro atoms. The van der Waals surface area contributed by atoms with E-state index in [0.717, 1.165) is 24.8 Å². The van der Waals surface area contributed by atoms with Gasteiger partial charge in [-0.1, -0.05) is 18.0 Å². The second kappa shape index (κ2) is 7.73. The van der Waals surface area contributed by atoms with Gasteiger partial charge in [-0.05, 0) is 49.6 Å². The highest BCUT2D eigenvalue weighted by Crippen LogP contribution is 2.28. The highest BCUT2D eigenvalue weighted by molar-refractivity contribution is 7.89. The molecule has 8 heteroatoms. The van der Waals surface area contributed by atoms with Crippen molar-refractivity contribution < 1.29 is 13.2 Å². The summed E-state index contributed by atoms with van der Waals surface area (Å²) in [6, 6.07) is 6.08. The molecule has 0 unspecified atom stereocenters. The van der Waals surface area contributed by atoms with Crippen LogP contribution in [0.3, 0.4) is 0 Å². The van der Waals surface area contributed by atoms with E-state index in [9.17, 15) is 13.2 Å². The van der Waals surface area contributed by atoms with Crippen molar-refractivity contribution in [2.24, 2.45) is 0 Å². The Balaban J connectivity index is 1.90. The van der Waals surface area contributed by atoms with Gasteiger partial charge in [0.25, 0.3) is 5.91 Å². The van der Waals surface area contributed by atoms with Crippen molar-refractivity contribution in [1.29, 1.82) is 0 Å². The fourth-order valence-electron chi connectivity index (χ4n) is 2.88. The average Bonchev–Trinajstić information content (AvgIpc) is 2.64. The van der Waals surface area contributed by atoms with Crippen LogP contribution >= 0.6 is 11.6 Å². The number of aromatic nitrogens is 1. The molecule has 1 fully saturated rings. The number of nitrogens with one attached hydrogen (secondary N) is 1. The molecule has 1 aromatic heterocycles. The standard InChI is InChI=1S/C18H20ClN3O3S/c1-13-7-8-20-12-16(13)21-18(23)14-5-6-15(19)17(11-14)26(24,25)22-9-3-2-4-10-22/h5-8,11-12H,2-4,9-10H2,1H3,(H,21,23). The predicted octanol–water partition coefficient (Wildman–Crippen LogP) is 3.47. The number of halogens is 1. The number of hydrogen-bond acceptors (Lipinski definition) is 4. The molecule has 1 saturated heterocycles. The summed E-state index contributed by atoms with van der Waals surface area (Å²) in [7, 11) is -3.72. The molecule has 2 aromatic rings. The van der Waals surface area contributed by atoms with Crippen LogP contribution in [0.2, 0.25) is 5.02 Å². The van der Waals surface area contributed by atoms with E-state index in [2.05, 4.69) is 10.3 Å². The Hall–Kier alpha value is -1.96. The molecule has 0 radical (unpaired) electrons. The van der Waals surface area contributed by atoms with Gasteiger partial charge >= 0.3 is 0 Å². The first-order chi connectivity index (χ1) is 12.4. The van der Waals surface area contributed by atoms with E-state index in [1.807, 2.05) is 6.92 Å². The maximum atomic E-state index is 12.9. The summed E-state index contributed by atoms with van der Waals surface area (Å²) >= 11 is 6.14. The number of hydrogen-bond donors (Lipinski definition) is 1. The van der Waals surface area contributed by atoms with E-state index >= 15 is 0 Å². The van der Waals surface area contributed by atoms with Crippen molar-refractivity contribution in [2.75, 3.05) is 18.4 Å². The molecule has 6 nitrogen and oxygen atoms in total. The molecule has 2 heterocycles. The van der Waals surface area contributed by atoms with E-state index < -0.39 is 15.9 Å². The SMILES string of the molecule is Cc1ccncc1NC(=O)c1ccc(Cl)c(S(=O)(=O)N2CCCCC2)c1. The largest absolute Gasteiger partial charge is 0.320 e. The number of nitrogens with zero attached hydrogens (tertiary/aromatic N) is 2. The number of rotatable bonds is 4. The van der Waals surface area contributed by atoms with E-state index in [0.29, 0.717) is 18.8 Å². The third-order valence-corrected chi connectivity index (χ3v) is 6.79. The Kier molecular flexibility index (Phi) is 5.60. The quantitative estimate of drug-likeness (QED) is 0.862. The lowest BCUT2D eigenvalue weighted by molar-refractivity contribution is 0.102. The van der Waals surface area contributed by atoms with E-state index in [1.165, 1.54) is 22.5 Å². The fraction of sp³-hybridized carbons (Fsp3) is 0.333. The average molecular weight is 394 g/mol. The Bertz CT molecular complexity index is 925. The molecule has 0 aliphatic carbocycles. The van der Waals surface area contributed by atoms with E-state index in [4.69, 9.17) is 11.6 Å². The topological polar surface area (TPSA) is 79.4 Å². The van der Waals surface area contributed by atoms with Crippen molar-refractivity contribution in [3.63, 3.8) is 0 Å². The minimum atomic E-state index is -3.72. The molecular formula is C18H20ClN3O3S. The summed E-state index contributed by atoms with van der Waals surface area (Å²) in [5, 5.41) is 2.87. The van der Waals surface area contributed by atoms with Crippen LogP contribution in [0, 0.1) is 6.92 Å². The van der Waals surface area contributed by atoms with Crippen LogP contribution < -0.4 is 5.32 Å². The number of carbonyl (C=O) groups excluding carboxylic acids is 1. The molecule has 1 aliphatic rings. The van der Waals surface area contributed by atoms with Gasteiger partial charge in [0.05, 0.1) is 16.9 Å². The van der Waals surface area contributed by atoms with Crippen LogP contribution in [-0.2, 0) is 10.0 Å². The zero-order valence-electron chi connectivity index (χ0n) is 14.4. The number of sulfonamides is 1. The van der Waals surface area contributed by atoms with Crippen LogP contribution in [0.5, 0.6) is 0 Å². The zero-order chi connectivity index (χ0) is 18.7. The van der Waals surface area contributed by atoms with Gasteiger partial charge in [0.2, 0.25) is 10.0 Å². The van der Waals surface area contributed by atoms with Crippen molar-refractivity contribution in [3.8, 4) is 0 Å². The molecule has 1 aromatic carbocycles. The first-order valence-electron chi connectivity index (χ1n) is 8.41. The molecule has 1 aliphatic heterocycles. The lowest BCUT2D eigenvalue weighted by atomic mass is 10.2. The minimum absolute atomic E-state index is 0.0309. The van der Waals surface area contributed by atoms with Gasteiger partial charge in [-0.2, -0.15) is 4.31 Å². The number of carbonyl (C=O) groups is 1. The number of pyridine rings is 1. The van der Waals surface area contributed by atoms with Crippen molar-refractivity contribution >= 4 is 33.2 Å². The summed E-state index contributed by atoms with van der Waals surface area (Å²) in [6.07, 6.45) is 5.87. The summed E-state index contributed by atoms with van der Waals surface area (Å²) in [5.41, 5.74) is 1.67. The van der Waals surface area contributed by atoms with Crippen molar-refractivity contribution in [2.45, 2.75) is 31.1 Å². The Morgan fingerprint density at radius 3 is 2.62 bits per heavy atom. The van der Waals surface area contributed by atoms with Gasteiger partial charge in [-0.3, -0.25) is 9.78 Å². The molecular weight excluding hydrogens is 374 g/mol. The van der Waals surface area contributed by atoms with Gasteiger partial charge in [-0.25, -0.2) is 8.42 Å². The Morgan fingerprint density at radius 1 is 1.19 bits per heavy atom. The summed E-state index contributed by atoms with van der Waals surface area (Å²) in [6.45, 7) is 2.80. The Labute approximate surface area is 158 Å². The second-order valence-electron chi connectivity index (χ2n) is 6.25. The van der Waals surface area contributed by atoms with Gasteiger partial charge < -0.3 is 5.32 Å². The normalized spacial score (nSPS) is 15.6. The summed E-state index contributed by atoms with van der Waals surface area (Å²) in [4.78, 5) is 16.5. The predicted molar refractivity (Wildman–Crippen MR) is 101 cm³/mol. The fourth-order valence-corrected chi connectivity index (χ4v) is 4.89. The molecule has 1 N–H and O–H groups in total. The maximum absolute atomic E-state index is 12.9. The maximum Gasteiger partial charge on any atom is 0.255 e. The lowest BCUT2D eigenvalue weighted by Crippen LogP contribution is -2.35. The minimum Gasteiger partial charge on any atom is -0.320 e. The first-order valence-corrected chi connectivity index (χ1v) is 10.2. The third-order valence-electron chi connectivity index (χ3n) is 4.41. The summed E-state index contributed by atoms with van der Waals surface area (Å²) < 4.78 is 27.2. The first kappa shape index (κ1) is 18.8. The second-order valence-corrected chi connectivity index (χ2v) is 8.57. The monoisotopic (exact) mass is 393 g/mol. The molecule has 0 saturated carbocycles. The molecule has 26 heavy (non-hydrogen) atoms. The van der Waals surface area contributed by atoms with Crippen LogP contribution in [-0.4, -0.2) is 36.7 Å². The van der Waals surface area contributed by atoms with Crippen molar-refractivity contribution in [3.05, 3.63) is 52.8 Å². The highest BCUT2D eigenvalue weighted by atomic mass is 35.5. The molecule has 0 atom stereocenters. The van der Waals surface area contributed by atoms with Gasteiger partial charge in [0.1, 0.15) is 4.90 Å². The van der Waals surface area contributed by atoms with Gasteiger partial charge in [-0.15, -0.1) is 0 Å². The molecule has 3 rings (SSSR count). The number of aryl methyl sites for hydroxylation is 1. The smallest absolute Gasteiger partial charge is 0.255 e. The number of piperidine rings is 1. The molecule has 0 bridgehead atoms. The lowest BCUT2D eigenvalue weighted by Gasteiger charge is -2.26. The van der Waals surface area contributed by atoms with Crippen molar-refractivity contribution in [1.82, 2.24) is 9.29 Å². The molecule has 138 valence electrons. The number of benzene rings is 1. The highest BCUT2D eigenvalue weighted by Gasteiger charge is 2.28. The van der Waals surface area contributed by atoms with Crippen LogP contribution in [0.4, 0.5) is 5.69 Å². The third kappa shape index (κ3) is 3.90. The number of anilines is 1. The van der Waals surface area contributed by atoms with Gasteiger partial charge in [0, 0.05) is 24.8 Å². The number of amides is 1. The zero-order valence-corrected chi connectivity index (χ0v) is 16.0. The van der Waals surface area contributed by atoms with Gasteiger partial charge in [0.15, 0.2) is 0 Å². The summed E-state index contributed by atoms with van der Waals surface area (Å²) in [5.74, 6) is -0.409.